The number of carbonyl (C=O) groups is 1. The van der Waals surface area contributed by atoms with Gasteiger partial charge in [0.25, 0.3) is 0 Å². The summed E-state index contributed by atoms with van der Waals surface area (Å²) >= 11 is 5.98. The number of nitrogens with zero attached hydrogens (tertiary/aromatic N) is 2. The molecule has 5 heteroatoms. The molecule has 0 radical (unpaired) electrons. The Morgan fingerprint density at radius 3 is 2.95 bits per heavy atom. The van der Waals surface area contributed by atoms with Crippen LogP contribution in [0, 0.1) is 0 Å². The molecule has 2 rings (SSSR count). The second-order valence-corrected chi connectivity index (χ2v) is 6.64. The zero-order valence-corrected chi connectivity index (χ0v) is 13.9. The van der Waals surface area contributed by atoms with Gasteiger partial charge in [-0.3, -0.25) is 4.79 Å². The van der Waals surface area contributed by atoms with Gasteiger partial charge in [-0.25, -0.2) is 0 Å². The van der Waals surface area contributed by atoms with Crippen LogP contribution in [0.1, 0.15) is 12.0 Å². The molecule has 0 spiro atoms. The molecular formula is C17H23ClN2O2. The highest BCUT2D eigenvalue weighted by Crippen LogP contribution is 2.26. The summed E-state index contributed by atoms with van der Waals surface area (Å²) in [5, 5.41) is 11.4. The van der Waals surface area contributed by atoms with E-state index in [-0.39, 0.29) is 5.91 Å². The first-order valence-electron chi connectivity index (χ1n) is 7.45. The number of likely N-dealkylation sites (N-methyl/N-ethyl adjacent to an activating group) is 1. The zero-order chi connectivity index (χ0) is 16.2. The van der Waals surface area contributed by atoms with E-state index in [9.17, 15) is 9.90 Å². The molecule has 0 saturated carbocycles. The summed E-state index contributed by atoms with van der Waals surface area (Å²) in [5.41, 5.74) is 0.128. The van der Waals surface area contributed by atoms with Gasteiger partial charge in [0.05, 0.1) is 12.1 Å². The smallest absolute Gasteiger partial charge is 0.246 e. The van der Waals surface area contributed by atoms with Crippen molar-refractivity contribution in [2.75, 3.05) is 33.7 Å². The van der Waals surface area contributed by atoms with Gasteiger partial charge < -0.3 is 14.9 Å². The Balaban J connectivity index is 1.93. The van der Waals surface area contributed by atoms with Gasteiger partial charge in [-0.05, 0) is 38.2 Å². The van der Waals surface area contributed by atoms with Crippen molar-refractivity contribution in [3.63, 3.8) is 0 Å². The summed E-state index contributed by atoms with van der Waals surface area (Å²) in [6.45, 7) is 1.68. The van der Waals surface area contributed by atoms with Crippen molar-refractivity contribution in [1.29, 1.82) is 0 Å². The lowest BCUT2D eigenvalue weighted by Gasteiger charge is -2.23. The van der Waals surface area contributed by atoms with E-state index in [0.29, 0.717) is 31.0 Å². The summed E-state index contributed by atoms with van der Waals surface area (Å²) in [4.78, 5) is 15.8. The first kappa shape index (κ1) is 17.0. The number of hydrogen-bond donors (Lipinski definition) is 1. The fraction of sp³-hybridized carbons (Fsp3) is 0.471. The van der Waals surface area contributed by atoms with E-state index in [1.807, 2.05) is 49.3 Å². The first-order valence-corrected chi connectivity index (χ1v) is 7.83. The molecule has 1 N–H and O–H groups in total. The standard InChI is InChI=1S/C17H23ClN2O2/c1-19(2)9-4-7-16(21)20-10-8-17(22,13-20)12-14-5-3-6-15(18)11-14/h3-7,11,22H,8-10,12-13H2,1-2H3/b7-4+. The van der Waals surface area contributed by atoms with Gasteiger partial charge in [-0.15, -0.1) is 0 Å². The zero-order valence-electron chi connectivity index (χ0n) is 13.1. The summed E-state index contributed by atoms with van der Waals surface area (Å²) in [7, 11) is 3.91. The molecule has 1 aromatic carbocycles. The number of benzene rings is 1. The maximum atomic E-state index is 12.1. The molecule has 1 aliphatic heterocycles. The van der Waals surface area contributed by atoms with Crippen LogP contribution in [-0.4, -0.2) is 60.1 Å². The molecule has 1 atom stereocenters. The minimum atomic E-state index is -0.865. The first-order chi connectivity index (χ1) is 10.4. The van der Waals surface area contributed by atoms with Crippen LogP contribution in [0.25, 0.3) is 0 Å². The number of hydrogen-bond acceptors (Lipinski definition) is 3. The highest BCUT2D eigenvalue weighted by atomic mass is 35.5. The molecular weight excluding hydrogens is 300 g/mol. The fourth-order valence-corrected chi connectivity index (χ4v) is 2.90. The van der Waals surface area contributed by atoms with Crippen molar-refractivity contribution in [2.45, 2.75) is 18.4 Å². The molecule has 1 amide bonds. The molecule has 0 aliphatic carbocycles. The Morgan fingerprint density at radius 1 is 1.50 bits per heavy atom. The lowest BCUT2D eigenvalue weighted by molar-refractivity contribution is -0.126. The molecule has 1 saturated heterocycles. The van der Waals surface area contributed by atoms with Crippen molar-refractivity contribution in [1.82, 2.24) is 9.80 Å². The number of halogens is 1. The van der Waals surface area contributed by atoms with Gasteiger partial charge >= 0.3 is 0 Å². The number of amides is 1. The van der Waals surface area contributed by atoms with Crippen LogP contribution >= 0.6 is 11.6 Å². The van der Waals surface area contributed by atoms with Gasteiger partial charge in [0, 0.05) is 30.6 Å². The molecule has 22 heavy (non-hydrogen) atoms. The molecule has 1 fully saturated rings. The van der Waals surface area contributed by atoms with Crippen LogP contribution < -0.4 is 0 Å². The largest absolute Gasteiger partial charge is 0.388 e. The Morgan fingerprint density at radius 2 is 2.27 bits per heavy atom. The topological polar surface area (TPSA) is 43.8 Å². The lowest BCUT2D eigenvalue weighted by atomic mass is 9.94. The predicted molar refractivity (Wildman–Crippen MR) is 89.0 cm³/mol. The Labute approximate surface area is 137 Å². The maximum absolute atomic E-state index is 12.1. The maximum Gasteiger partial charge on any atom is 0.246 e. The second kappa shape index (κ2) is 7.27. The summed E-state index contributed by atoms with van der Waals surface area (Å²) in [5.74, 6) is -0.0381. The average molecular weight is 323 g/mol. The van der Waals surface area contributed by atoms with Crippen molar-refractivity contribution < 1.29 is 9.90 Å². The number of β-amino-alcohol motifs (C(OH)–C–C–N with tert-alkyl or cyclic N) is 1. The van der Waals surface area contributed by atoms with E-state index >= 15 is 0 Å². The van der Waals surface area contributed by atoms with Gasteiger partial charge in [0.15, 0.2) is 0 Å². The van der Waals surface area contributed by atoms with Crippen LogP contribution in [-0.2, 0) is 11.2 Å². The van der Waals surface area contributed by atoms with Crippen molar-refractivity contribution in [2.24, 2.45) is 0 Å². The Hall–Kier alpha value is -1.36. The van der Waals surface area contributed by atoms with E-state index in [1.54, 1.807) is 11.0 Å². The van der Waals surface area contributed by atoms with E-state index in [0.717, 1.165) is 12.1 Å². The van der Waals surface area contributed by atoms with Crippen molar-refractivity contribution in [3.8, 4) is 0 Å². The molecule has 1 aliphatic rings. The van der Waals surface area contributed by atoms with Gasteiger partial charge in [0.2, 0.25) is 5.91 Å². The van der Waals surface area contributed by atoms with Crippen LogP contribution in [0.4, 0.5) is 0 Å². The highest BCUT2D eigenvalue weighted by molar-refractivity contribution is 6.30. The SMILES string of the molecule is CN(C)C/C=C/C(=O)N1CCC(O)(Cc2cccc(Cl)c2)C1. The van der Waals surface area contributed by atoms with E-state index in [2.05, 4.69) is 0 Å². The number of carbonyl (C=O) groups excluding carboxylic acids is 1. The van der Waals surface area contributed by atoms with Gasteiger partial charge in [-0.2, -0.15) is 0 Å². The Kier molecular flexibility index (Phi) is 5.62. The minimum absolute atomic E-state index is 0.0381. The summed E-state index contributed by atoms with van der Waals surface area (Å²) in [6, 6.07) is 7.50. The second-order valence-electron chi connectivity index (χ2n) is 6.21. The highest BCUT2D eigenvalue weighted by Gasteiger charge is 2.37. The van der Waals surface area contributed by atoms with Crippen molar-refractivity contribution >= 4 is 17.5 Å². The number of likely N-dealkylation sites (tertiary alicyclic amines) is 1. The van der Waals surface area contributed by atoms with Gasteiger partial charge in [0.1, 0.15) is 0 Å². The molecule has 1 unspecified atom stereocenters. The van der Waals surface area contributed by atoms with Crippen LogP contribution in [0.3, 0.4) is 0 Å². The quantitative estimate of drug-likeness (QED) is 0.843. The van der Waals surface area contributed by atoms with Gasteiger partial charge in [-0.1, -0.05) is 29.8 Å². The number of rotatable bonds is 5. The van der Waals surface area contributed by atoms with E-state index in [4.69, 9.17) is 11.6 Å². The van der Waals surface area contributed by atoms with Crippen LogP contribution in [0.5, 0.6) is 0 Å². The molecule has 1 aromatic rings. The third kappa shape index (κ3) is 4.83. The third-order valence-electron chi connectivity index (χ3n) is 3.80. The normalized spacial score (nSPS) is 22.0. The third-order valence-corrected chi connectivity index (χ3v) is 4.03. The van der Waals surface area contributed by atoms with E-state index in [1.165, 1.54) is 0 Å². The molecule has 0 aromatic heterocycles. The lowest BCUT2D eigenvalue weighted by Crippen LogP contribution is -2.37. The Bertz CT molecular complexity index is 559. The molecule has 1 heterocycles. The monoisotopic (exact) mass is 322 g/mol. The molecule has 4 nitrogen and oxygen atoms in total. The van der Waals surface area contributed by atoms with E-state index < -0.39 is 5.60 Å². The fourth-order valence-electron chi connectivity index (χ4n) is 2.69. The predicted octanol–water partition coefficient (Wildman–Crippen LogP) is 1.96. The molecule has 120 valence electrons. The average Bonchev–Trinajstić information content (AvgIpc) is 2.80. The molecule has 0 bridgehead atoms. The summed E-state index contributed by atoms with van der Waals surface area (Å²) in [6.07, 6.45) is 4.54. The van der Waals surface area contributed by atoms with Crippen LogP contribution in [0.15, 0.2) is 36.4 Å². The van der Waals surface area contributed by atoms with Crippen LogP contribution in [0.2, 0.25) is 5.02 Å². The van der Waals surface area contributed by atoms with Crippen molar-refractivity contribution in [3.05, 3.63) is 47.0 Å². The minimum Gasteiger partial charge on any atom is -0.388 e. The summed E-state index contributed by atoms with van der Waals surface area (Å²) < 4.78 is 0. The number of aliphatic hydroxyl groups is 1.